The van der Waals surface area contributed by atoms with E-state index in [2.05, 4.69) is 15.7 Å². The highest BCUT2D eigenvalue weighted by atomic mass is 35.5. The number of nitrogens with zero attached hydrogens (tertiary/aromatic N) is 2. The van der Waals surface area contributed by atoms with Crippen molar-refractivity contribution in [2.24, 2.45) is 7.05 Å². The first-order chi connectivity index (χ1) is 15.0. The molecule has 0 bridgehead atoms. The summed E-state index contributed by atoms with van der Waals surface area (Å²) in [7, 11) is 3.44. The summed E-state index contributed by atoms with van der Waals surface area (Å²) in [5, 5.41) is 11.2. The molecule has 1 amide bonds. The molecule has 6 nitrogen and oxygen atoms in total. The summed E-state index contributed by atoms with van der Waals surface area (Å²) in [6.45, 7) is 1.47. The Bertz CT molecular complexity index is 1010. The summed E-state index contributed by atoms with van der Waals surface area (Å²) in [5.41, 5.74) is 3.22. The lowest BCUT2D eigenvalue weighted by atomic mass is 9.85. The number of methoxy groups -OCH3 is 1. The van der Waals surface area contributed by atoms with Crippen molar-refractivity contribution in [1.82, 2.24) is 20.4 Å². The van der Waals surface area contributed by atoms with Gasteiger partial charge in [-0.3, -0.25) is 9.48 Å². The second-order valence-corrected chi connectivity index (χ2v) is 8.35. The molecule has 0 spiro atoms. The van der Waals surface area contributed by atoms with Gasteiger partial charge in [-0.1, -0.05) is 35.9 Å². The summed E-state index contributed by atoms with van der Waals surface area (Å²) in [6, 6.07) is 6.51. The third kappa shape index (κ3) is 4.59. The van der Waals surface area contributed by atoms with E-state index in [1.54, 1.807) is 30.1 Å². The topological polar surface area (TPSA) is 68.2 Å². The first-order valence-electron chi connectivity index (χ1n) is 10.4. The molecule has 2 N–H and O–H groups in total. The van der Waals surface area contributed by atoms with Crippen LogP contribution >= 0.6 is 11.6 Å². The Balaban J connectivity index is 1.54. The largest absolute Gasteiger partial charge is 0.376 e. The van der Waals surface area contributed by atoms with Crippen molar-refractivity contribution < 1.29 is 13.9 Å². The van der Waals surface area contributed by atoms with Gasteiger partial charge < -0.3 is 15.4 Å². The summed E-state index contributed by atoms with van der Waals surface area (Å²) >= 11 is 6.30. The number of amides is 1. The van der Waals surface area contributed by atoms with E-state index >= 15 is 0 Å². The minimum Gasteiger partial charge on any atom is -0.376 e. The van der Waals surface area contributed by atoms with Crippen LogP contribution in [-0.4, -0.2) is 48.0 Å². The van der Waals surface area contributed by atoms with Crippen LogP contribution in [0.25, 0.3) is 5.57 Å². The van der Waals surface area contributed by atoms with Crippen molar-refractivity contribution >= 4 is 23.1 Å². The molecule has 3 atom stereocenters. The van der Waals surface area contributed by atoms with Crippen LogP contribution in [0.3, 0.4) is 0 Å². The van der Waals surface area contributed by atoms with E-state index in [0.717, 1.165) is 29.8 Å². The van der Waals surface area contributed by atoms with Gasteiger partial charge in [-0.05, 0) is 30.7 Å². The average Bonchev–Trinajstić information content (AvgIpc) is 3.11. The molecule has 1 aliphatic carbocycles. The standard InChI is InChI=1S/C23H26ClFN4O2/c1-29-22(19(24)12-27-29)18-7-6-15(11-21(18)31-2)23(30)28-20-13-26-9-8-17(20)14-4-3-5-16(25)10-14/h3-7,10,12,17,20-21,26H,8-9,11,13H2,1-2H3,(H,28,30)/t17-,20+,21?/m0/s1. The Morgan fingerprint density at radius 1 is 1.39 bits per heavy atom. The normalized spacial score (nSPS) is 23.8. The smallest absolute Gasteiger partial charge is 0.247 e. The number of allylic oxidation sites excluding steroid dienone is 2. The molecule has 1 fully saturated rings. The molecule has 1 unspecified atom stereocenters. The van der Waals surface area contributed by atoms with Crippen molar-refractivity contribution in [3.63, 3.8) is 0 Å². The molecular weight excluding hydrogens is 419 g/mol. The van der Waals surface area contributed by atoms with Crippen LogP contribution in [0.15, 0.2) is 48.2 Å². The van der Waals surface area contributed by atoms with Crippen LogP contribution in [0.5, 0.6) is 0 Å². The number of nitrogens with one attached hydrogen (secondary N) is 2. The molecule has 2 aromatic rings. The maximum atomic E-state index is 13.7. The zero-order chi connectivity index (χ0) is 22.0. The number of carbonyl (C=O) groups is 1. The van der Waals surface area contributed by atoms with Gasteiger partial charge in [-0.2, -0.15) is 5.10 Å². The summed E-state index contributed by atoms with van der Waals surface area (Å²) < 4.78 is 21.1. The first kappa shape index (κ1) is 21.7. The lowest BCUT2D eigenvalue weighted by Crippen LogP contribution is -2.50. The third-order valence-corrected chi connectivity index (χ3v) is 6.31. The molecule has 1 aromatic heterocycles. The van der Waals surface area contributed by atoms with E-state index in [1.807, 2.05) is 25.3 Å². The van der Waals surface area contributed by atoms with Crippen LogP contribution in [-0.2, 0) is 16.6 Å². The van der Waals surface area contributed by atoms with Crippen molar-refractivity contribution in [3.8, 4) is 0 Å². The van der Waals surface area contributed by atoms with E-state index in [-0.39, 0.29) is 29.8 Å². The van der Waals surface area contributed by atoms with Crippen LogP contribution in [0.4, 0.5) is 4.39 Å². The molecule has 8 heteroatoms. The van der Waals surface area contributed by atoms with Gasteiger partial charge in [0.2, 0.25) is 5.91 Å². The molecule has 164 valence electrons. The minimum absolute atomic E-state index is 0.0580. The molecule has 1 saturated heterocycles. The molecule has 2 heterocycles. The summed E-state index contributed by atoms with van der Waals surface area (Å²) in [5.74, 6) is -0.336. The Morgan fingerprint density at radius 2 is 2.23 bits per heavy atom. The Morgan fingerprint density at radius 3 is 2.94 bits per heavy atom. The molecule has 0 saturated carbocycles. The van der Waals surface area contributed by atoms with Gasteiger partial charge in [0.15, 0.2) is 0 Å². The number of piperidine rings is 1. The van der Waals surface area contributed by atoms with Crippen LogP contribution in [0.2, 0.25) is 5.02 Å². The zero-order valence-electron chi connectivity index (χ0n) is 17.6. The van der Waals surface area contributed by atoms with Crippen LogP contribution in [0, 0.1) is 5.82 Å². The van der Waals surface area contributed by atoms with Gasteiger partial charge in [-0.25, -0.2) is 4.39 Å². The van der Waals surface area contributed by atoms with Gasteiger partial charge >= 0.3 is 0 Å². The Hall–Kier alpha value is -2.48. The summed E-state index contributed by atoms with van der Waals surface area (Å²) in [4.78, 5) is 13.1. The highest BCUT2D eigenvalue weighted by Crippen LogP contribution is 2.33. The second kappa shape index (κ2) is 9.34. The first-order valence-corrected chi connectivity index (χ1v) is 10.7. The fourth-order valence-corrected chi connectivity index (χ4v) is 4.70. The van der Waals surface area contributed by atoms with Crippen LogP contribution in [0.1, 0.15) is 30.0 Å². The van der Waals surface area contributed by atoms with Gasteiger partial charge in [0.05, 0.1) is 23.0 Å². The SMILES string of the molecule is COC1CC(C(=O)N[C@@H]2CNCC[C@H]2c2cccc(F)c2)=CC=C1c1c(Cl)cnn1C. The average molecular weight is 445 g/mol. The Labute approximate surface area is 186 Å². The number of ether oxygens (including phenoxy) is 1. The molecule has 0 radical (unpaired) electrons. The minimum atomic E-state index is -0.304. The third-order valence-electron chi connectivity index (χ3n) is 6.04. The fraction of sp³-hybridized carbons (Fsp3) is 0.391. The number of rotatable bonds is 5. The van der Waals surface area contributed by atoms with E-state index in [4.69, 9.17) is 16.3 Å². The monoisotopic (exact) mass is 444 g/mol. The number of benzene rings is 1. The number of aryl methyl sites for hydroxylation is 1. The number of hydrogen-bond acceptors (Lipinski definition) is 4. The molecule has 1 aromatic carbocycles. The van der Waals surface area contributed by atoms with E-state index < -0.39 is 0 Å². The van der Waals surface area contributed by atoms with Crippen molar-refractivity contribution in [2.75, 3.05) is 20.2 Å². The van der Waals surface area contributed by atoms with Gasteiger partial charge in [0.25, 0.3) is 0 Å². The molecule has 4 rings (SSSR count). The predicted molar refractivity (Wildman–Crippen MR) is 118 cm³/mol. The van der Waals surface area contributed by atoms with Gasteiger partial charge in [-0.15, -0.1) is 0 Å². The lowest BCUT2D eigenvalue weighted by molar-refractivity contribution is -0.118. The second-order valence-electron chi connectivity index (χ2n) is 7.94. The quantitative estimate of drug-likeness (QED) is 0.743. The van der Waals surface area contributed by atoms with Gasteiger partial charge in [0, 0.05) is 50.2 Å². The van der Waals surface area contributed by atoms with E-state index in [9.17, 15) is 9.18 Å². The molecule has 1 aliphatic heterocycles. The van der Waals surface area contributed by atoms with E-state index in [1.165, 1.54) is 6.07 Å². The highest BCUT2D eigenvalue weighted by molar-refractivity contribution is 6.32. The summed E-state index contributed by atoms with van der Waals surface area (Å²) in [6.07, 6.45) is 6.24. The number of carbonyl (C=O) groups excluding carboxylic acids is 1. The molecule has 31 heavy (non-hydrogen) atoms. The van der Waals surface area contributed by atoms with Crippen molar-refractivity contribution in [2.45, 2.75) is 30.9 Å². The maximum absolute atomic E-state index is 13.7. The van der Waals surface area contributed by atoms with Gasteiger partial charge in [0.1, 0.15) is 5.82 Å². The van der Waals surface area contributed by atoms with Crippen LogP contribution < -0.4 is 10.6 Å². The zero-order valence-corrected chi connectivity index (χ0v) is 18.3. The van der Waals surface area contributed by atoms with Crippen molar-refractivity contribution in [3.05, 3.63) is 70.3 Å². The fourth-order valence-electron chi connectivity index (χ4n) is 4.43. The lowest BCUT2D eigenvalue weighted by Gasteiger charge is -2.34. The predicted octanol–water partition coefficient (Wildman–Crippen LogP) is 3.20. The van der Waals surface area contributed by atoms with E-state index in [0.29, 0.717) is 23.6 Å². The number of aromatic nitrogens is 2. The van der Waals surface area contributed by atoms with Crippen molar-refractivity contribution in [1.29, 1.82) is 0 Å². The number of hydrogen-bond donors (Lipinski definition) is 2. The highest BCUT2D eigenvalue weighted by Gasteiger charge is 2.31. The molecule has 2 aliphatic rings. The Kier molecular flexibility index (Phi) is 6.55. The maximum Gasteiger partial charge on any atom is 0.247 e. The molecular formula is C23H26ClFN4O2. The number of halogens is 2.